The zero-order valence-corrected chi connectivity index (χ0v) is 22.9. The Labute approximate surface area is 225 Å². The molecule has 0 fully saturated rings. The molecule has 1 amide bonds. The van der Waals surface area contributed by atoms with Gasteiger partial charge in [-0.25, -0.2) is 4.79 Å². The maximum atomic E-state index is 13.1. The summed E-state index contributed by atoms with van der Waals surface area (Å²) in [5.41, 5.74) is 3.06. The Bertz CT molecular complexity index is 1340. The highest BCUT2D eigenvalue weighted by Crippen LogP contribution is 2.41. The standard InChI is InChI=1S/C28H31N3O6S/c1-15(2)31-11-10-19-22(14-31)38-27-23(19)26(32)29-25(30-27)16-6-8-18(9-7-16)37-28(33)17-12-20(34-3)24(36-5)21(13-17)35-4/h6-9,12-13,15,25,30H,10-11,14H2,1-5H3,(H,29,32)/t25-/m1/s1. The summed E-state index contributed by atoms with van der Waals surface area (Å²) < 4.78 is 21.5. The Morgan fingerprint density at radius 3 is 2.32 bits per heavy atom. The van der Waals surface area contributed by atoms with Crippen LogP contribution in [0.4, 0.5) is 5.00 Å². The van der Waals surface area contributed by atoms with Crippen LogP contribution in [0, 0.1) is 0 Å². The summed E-state index contributed by atoms with van der Waals surface area (Å²) in [7, 11) is 4.47. The van der Waals surface area contributed by atoms with Crippen LogP contribution in [0.5, 0.6) is 23.0 Å². The lowest BCUT2D eigenvalue weighted by Gasteiger charge is -2.31. The van der Waals surface area contributed by atoms with Gasteiger partial charge in [0.2, 0.25) is 5.75 Å². The summed E-state index contributed by atoms with van der Waals surface area (Å²) in [4.78, 5) is 29.6. The van der Waals surface area contributed by atoms with Gasteiger partial charge in [-0.3, -0.25) is 9.69 Å². The first-order valence-corrected chi connectivity index (χ1v) is 13.2. The van der Waals surface area contributed by atoms with E-state index in [1.54, 1.807) is 23.5 Å². The SMILES string of the molecule is COc1cc(C(=O)Oc2ccc([C@@H]3NC(=O)c4c(sc5c4CCN(C(C)C)C5)N3)cc2)cc(OC)c1OC. The second kappa shape index (κ2) is 10.5. The maximum Gasteiger partial charge on any atom is 0.343 e. The fourth-order valence-corrected chi connectivity index (χ4v) is 6.14. The van der Waals surface area contributed by atoms with Gasteiger partial charge in [0, 0.05) is 24.0 Å². The molecule has 0 bridgehead atoms. The van der Waals surface area contributed by atoms with Crippen molar-refractivity contribution in [1.82, 2.24) is 10.2 Å². The van der Waals surface area contributed by atoms with E-state index in [1.165, 1.54) is 43.9 Å². The Morgan fingerprint density at radius 1 is 1.03 bits per heavy atom. The largest absolute Gasteiger partial charge is 0.493 e. The molecule has 2 N–H and O–H groups in total. The molecule has 5 rings (SSSR count). The van der Waals surface area contributed by atoms with Crippen molar-refractivity contribution in [2.24, 2.45) is 0 Å². The molecule has 3 aromatic rings. The quantitative estimate of drug-likeness (QED) is 0.333. The highest BCUT2D eigenvalue weighted by atomic mass is 32.1. The van der Waals surface area contributed by atoms with Crippen molar-refractivity contribution >= 4 is 28.2 Å². The number of carbonyl (C=O) groups is 2. The molecule has 0 radical (unpaired) electrons. The third-order valence-electron chi connectivity index (χ3n) is 6.92. The van der Waals surface area contributed by atoms with E-state index in [9.17, 15) is 9.59 Å². The molecule has 1 aromatic heterocycles. The number of thiophene rings is 1. The smallest absolute Gasteiger partial charge is 0.343 e. The third-order valence-corrected chi connectivity index (χ3v) is 8.07. The van der Waals surface area contributed by atoms with Crippen molar-refractivity contribution in [2.45, 2.75) is 39.0 Å². The van der Waals surface area contributed by atoms with Gasteiger partial charge in [-0.15, -0.1) is 11.3 Å². The average molecular weight is 538 g/mol. The lowest BCUT2D eigenvalue weighted by Crippen LogP contribution is -2.39. The number of esters is 1. The minimum atomic E-state index is -0.564. The number of hydrogen-bond acceptors (Lipinski definition) is 9. The number of benzene rings is 2. The number of nitrogens with zero attached hydrogens (tertiary/aromatic N) is 1. The Balaban J connectivity index is 1.30. The number of fused-ring (bicyclic) bond motifs is 3. The van der Waals surface area contributed by atoms with Crippen LogP contribution in [0.1, 0.15) is 56.7 Å². The number of methoxy groups -OCH3 is 3. The summed E-state index contributed by atoms with van der Waals surface area (Å²) in [6, 6.07) is 10.6. The first-order valence-electron chi connectivity index (χ1n) is 12.4. The number of rotatable bonds is 7. The monoisotopic (exact) mass is 537 g/mol. The first kappa shape index (κ1) is 25.9. The van der Waals surface area contributed by atoms with Crippen LogP contribution in [0.25, 0.3) is 0 Å². The van der Waals surface area contributed by atoms with Gasteiger partial charge < -0.3 is 29.6 Å². The van der Waals surface area contributed by atoms with E-state index in [4.69, 9.17) is 18.9 Å². The van der Waals surface area contributed by atoms with Crippen LogP contribution in [0.3, 0.4) is 0 Å². The molecule has 9 nitrogen and oxygen atoms in total. The number of carbonyl (C=O) groups excluding carboxylic acids is 2. The molecule has 38 heavy (non-hydrogen) atoms. The van der Waals surface area contributed by atoms with E-state index in [2.05, 4.69) is 29.4 Å². The van der Waals surface area contributed by atoms with E-state index in [1.807, 2.05) is 12.1 Å². The van der Waals surface area contributed by atoms with Crippen LogP contribution in [0.15, 0.2) is 36.4 Å². The Kier molecular flexibility index (Phi) is 7.18. The van der Waals surface area contributed by atoms with Crippen LogP contribution in [-0.2, 0) is 13.0 Å². The van der Waals surface area contributed by atoms with Crippen molar-refractivity contribution in [3.63, 3.8) is 0 Å². The molecule has 0 aliphatic carbocycles. The van der Waals surface area contributed by atoms with Crippen LogP contribution < -0.4 is 29.6 Å². The van der Waals surface area contributed by atoms with Crippen molar-refractivity contribution in [3.05, 3.63) is 63.5 Å². The molecular weight excluding hydrogens is 506 g/mol. The summed E-state index contributed by atoms with van der Waals surface area (Å²) in [5, 5.41) is 7.47. The number of hydrogen-bond donors (Lipinski definition) is 2. The predicted molar refractivity (Wildman–Crippen MR) is 145 cm³/mol. The van der Waals surface area contributed by atoms with Gasteiger partial charge in [0.05, 0.1) is 32.5 Å². The van der Waals surface area contributed by atoms with Crippen molar-refractivity contribution < 1.29 is 28.5 Å². The molecule has 1 atom stereocenters. The molecule has 0 saturated carbocycles. The molecule has 0 unspecified atom stereocenters. The van der Waals surface area contributed by atoms with E-state index in [0.29, 0.717) is 29.0 Å². The van der Waals surface area contributed by atoms with Gasteiger partial charge in [0.1, 0.15) is 16.9 Å². The Morgan fingerprint density at radius 2 is 1.71 bits per heavy atom. The van der Waals surface area contributed by atoms with E-state index >= 15 is 0 Å². The minimum absolute atomic E-state index is 0.0582. The van der Waals surface area contributed by atoms with E-state index in [0.717, 1.165) is 35.6 Å². The van der Waals surface area contributed by atoms with Gasteiger partial charge >= 0.3 is 5.97 Å². The fraction of sp³-hybridized carbons (Fsp3) is 0.357. The highest BCUT2D eigenvalue weighted by Gasteiger charge is 2.33. The second-order valence-electron chi connectivity index (χ2n) is 9.45. The molecule has 2 aromatic carbocycles. The zero-order chi connectivity index (χ0) is 27.0. The Hall–Kier alpha value is -3.76. The van der Waals surface area contributed by atoms with Gasteiger partial charge in [0.25, 0.3) is 5.91 Å². The van der Waals surface area contributed by atoms with Gasteiger partial charge in [0.15, 0.2) is 11.5 Å². The van der Waals surface area contributed by atoms with Crippen molar-refractivity contribution in [3.8, 4) is 23.0 Å². The topological polar surface area (TPSA) is 98.4 Å². The first-order chi connectivity index (χ1) is 18.3. The third kappa shape index (κ3) is 4.77. The number of anilines is 1. The van der Waals surface area contributed by atoms with Crippen LogP contribution >= 0.6 is 11.3 Å². The van der Waals surface area contributed by atoms with Crippen LogP contribution in [-0.4, -0.2) is 50.7 Å². The predicted octanol–water partition coefficient (Wildman–Crippen LogP) is 4.61. The lowest BCUT2D eigenvalue weighted by atomic mass is 9.99. The molecule has 0 spiro atoms. The summed E-state index contributed by atoms with van der Waals surface area (Å²) in [6.07, 6.45) is 0.502. The maximum absolute atomic E-state index is 13.1. The van der Waals surface area contributed by atoms with Crippen LogP contribution in [0.2, 0.25) is 0 Å². The molecule has 0 saturated heterocycles. The number of ether oxygens (including phenoxy) is 4. The highest BCUT2D eigenvalue weighted by molar-refractivity contribution is 7.16. The summed E-state index contributed by atoms with van der Waals surface area (Å²) in [5.74, 6) is 0.864. The van der Waals surface area contributed by atoms with Gasteiger partial charge in [-0.1, -0.05) is 12.1 Å². The van der Waals surface area contributed by atoms with Crippen molar-refractivity contribution in [1.29, 1.82) is 0 Å². The molecule has 10 heteroatoms. The number of amides is 1. The summed E-state index contributed by atoms with van der Waals surface area (Å²) >= 11 is 1.67. The van der Waals surface area contributed by atoms with E-state index < -0.39 is 5.97 Å². The van der Waals surface area contributed by atoms with E-state index in [-0.39, 0.29) is 17.6 Å². The summed E-state index contributed by atoms with van der Waals surface area (Å²) in [6.45, 7) is 6.23. The zero-order valence-electron chi connectivity index (χ0n) is 22.0. The molecule has 3 heterocycles. The lowest BCUT2D eigenvalue weighted by molar-refractivity contribution is 0.0733. The van der Waals surface area contributed by atoms with Gasteiger partial charge in [-0.2, -0.15) is 0 Å². The van der Waals surface area contributed by atoms with Crippen molar-refractivity contribution in [2.75, 3.05) is 33.2 Å². The molecule has 200 valence electrons. The average Bonchev–Trinajstić information content (AvgIpc) is 3.30. The minimum Gasteiger partial charge on any atom is -0.493 e. The fourth-order valence-electron chi connectivity index (χ4n) is 4.84. The van der Waals surface area contributed by atoms with Gasteiger partial charge in [-0.05, 0) is 55.7 Å². The number of nitrogens with one attached hydrogen (secondary N) is 2. The molecule has 2 aliphatic heterocycles. The molecular formula is C28H31N3O6S. The second-order valence-corrected chi connectivity index (χ2v) is 10.6. The molecule has 2 aliphatic rings. The normalized spacial score (nSPS) is 16.7.